The number of alkyl halides is 3. The van der Waals surface area contributed by atoms with Crippen LogP contribution in [0.5, 0.6) is 5.75 Å². The fourth-order valence-corrected chi connectivity index (χ4v) is 5.80. The Balaban J connectivity index is 1.70. The second-order valence-corrected chi connectivity index (χ2v) is 11.1. The summed E-state index contributed by atoms with van der Waals surface area (Å²) in [5, 5.41) is 0. The third-order valence-electron chi connectivity index (χ3n) is 7.72. The molecule has 4 nitrogen and oxygen atoms in total. The minimum atomic E-state index is -4.42. The van der Waals surface area contributed by atoms with Crippen molar-refractivity contribution in [3.63, 3.8) is 0 Å². The number of methoxy groups -OCH3 is 1. The molecule has 36 heavy (non-hydrogen) atoms. The van der Waals surface area contributed by atoms with Crippen LogP contribution >= 0.6 is 0 Å². The van der Waals surface area contributed by atoms with Gasteiger partial charge in [0, 0.05) is 36.2 Å². The molecule has 2 aromatic rings. The van der Waals surface area contributed by atoms with Crippen molar-refractivity contribution in [1.82, 2.24) is 4.90 Å². The highest BCUT2D eigenvalue weighted by atomic mass is 19.4. The van der Waals surface area contributed by atoms with Crippen molar-refractivity contribution in [3.8, 4) is 5.75 Å². The molecular formula is C29H35F3N2O2. The van der Waals surface area contributed by atoms with Crippen LogP contribution in [0.2, 0.25) is 0 Å². The van der Waals surface area contributed by atoms with Crippen LogP contribution in [0.4, 0.5) is 18.9 Å². The minimum Gasteiger partial charge on any atom is -0.496 e. The molecule has 0 spiro atoms. The average Bonchev–Trinajstić information content (AvgIpc) is 3.06. The first kappa shape index (κ1) is 26.1. The monoisotopic (exact) mass is 500 g/mol. The van der Waals surface area contributed by atoms with Gasteiger partial charge in [-0.05, 0) is 85.6 Å². The molecule has 4 rings (SSSR count). The molecular weight excluding hydrogens is 465 g/mol. The number of aryl methyl sites for hydroxylation is 1. The topological polar surface area (TPSA) is 55.6 Å². The van der Waals surface area contributed by atoms with Crippen LogP contribution in [0.25, 0.3) is 5.57 Å². The molecule has 2 aliphatic rings. The second-order valence-electron chi connectivity index (χ2n) is 11.1. The normalized spacial score (nSPS) is 22.3. The summed E-state index contributed by atoms with van der Waals surface area (Å²) in [5.74, 6) is 0.424. The van der Waals surface area contributed by atoms with Crippen molar-refractivity contribution in [3.05, 3.63) is 64.2 Å². The van der Waals surface area contributed by atoms with Crippen molar-refractivity contribution >= 4 is 17.2 Å². The second kappa shape index (κ2) is 9.49. The Morgan fingerprint density at radius 2 is 1.89 bits per heavy atom. The summed E-state index contributed by atoms with van der Waals surface area (Å²) in [5.41, 5.74) is 10.6. The molecule has 0 unspecified atom stereocenters. The van der Waals surface area contributed by atoms with Gasteiger partial charge in [0.15, 0.2) is 0 Å². The van der Waals surface area contributed by atoms with Gasteiger partial charge < -0.3 is 15.4 Å². The molecule has 1 amide bonds. The number of nitrogen functional groups attached to an aromatic ring is 1. The lowest BCUT2D eigenvalue weighted by Crippen LogP contribution is -2.36. The quantitative estimate of drug-likeness (QED) is 0.451. The summed E-state index contributed by atoms with van der Waals surface area (Å²) in [6, 6.07) is 9.52. The first-order valence-corrected chi connectivity index (χ1v) is 12.4. The highest BCUT2D eigenvalue weighted by Crippen LogP contribution is 2.46. The number of carbonyl (C=O) groups excluding carboxylic acids is 1. The third kappa shape index (κ3) is 5.25. The maximum Gasteiger partial charge on any atom is 0.416 e. The summed E-state index contributed by atoms with van der Waals surface area (Å²) < 4.78 is 46.0. The van der Waals surface area contributed by atoms with Crippen LogP contribution in [0.15, 0.2) is 42.0 Å². The smallest absolute Gasteiger partial charge is 0.416 e. The van der Waals surface area contributed by atoms with E-state index >= 15 is 0 Å². The van der Waals surface area contributed by atoms with Crippen LogP contribution in [0.3, 0.4) is 0 Å². The molecule has 1 saturated heterocycles. The number of benzene rings is 2. The van der Waals surface area contributed by atoms with E-state index in [1.807, 2.05) is 30.0 Å². The number of nitrogens with zero attached hydrogens (tertiary/aromatic N) is 1. The Morgan fingerprint density at radius 3 is 2.56 bits per heavy atom. The van der Waals surface area contributed by atoms with Gasteiger partial charge in [-0.3, -0.25) is 4.79 Å². The lowest BCUT2D eigenvalue weighted by atomic mass is 9.72. The molecule has 2 aromatic carbocycles. The van der Waals surface area contributed by atoms with E-state index in [1.165, 1.54) is 6.07 Å². The molecule has 2 atom stereocenters. The molecule has 0 bridgehead atoms. The number of nitrogens with two attached hydrogens (primary N) is 1. The number of hydrogen-bond donors (Lipinski definition) is 1. The van der Waals surface area contributed by atoms with Crippen LogP contribution < -0.4 is 10.5 Å². The Morgan fingerprint density at radius 1 is 1.17 bits per heavy atom. The molecule has 1 aliphatic carbocycles. The van der Waals surface area contributed by atoms with Crippen LogP contribution in [-0.4, -0.2) is 30.5 Å². The van der Waals surface area contributed by atoms with E-state index in [-0.39, 0.29) is 29.7 Å². The van der Waals surface area contributed by atoms with Gasteiger partial charge in [-0.15, -0.1) is 0 Å². The maximum atomic E-state index is 13.5. The van der Waals surface area contributed by atoms with E-state index in [1.54, 1.807) is 20.1 Å². The van der Waals surface area contributed by atoms with Gasteiger partial charge in [-0.1, -0.05) is 25.5 Å². The highest BCUT2D eigenvalue weighted by molar-refractivity contribution is 5.82. The molecule has 2 N–H and O–H groups in total. The predicted molar refractivity (Wildman–Crippen MR) is 137 cm³/mol. The summed E-state index contributed by atoms with van der Waals surface area (Å²) in [4.78, 5) is 15.1. The standard InChI is InChI=1S/C29H35F3N2O2/c1-17-10-19(12-21(11-17)29(30,31)32)24-14-27(35)34(18(24)2)16-20-15-28(3,4)9-8-23(20)25-13-22(33)6-7-26(25)36-5/h6-7,10-13,18,24H,8-9,14-16,33H2,1-5H3/t18-,24-/m0/s1. The zero-order chi connectivity index (χ0) is 26.4. The predicted octanol–water partition coefficient (Wildman–Crippen LogP) is 6.97. The number of rotatable bonds is 5. The Hall–Kier alpha value is -2.96. The minimum absolute atomic E-state index is 0.0302. The van der Waals surface area contributed by atoms with E-state index in [4.69, 9.17) is 10.5 Å². The van der Waals surface area contributed by atoms with Gasteiger partial charge in [-0.2, -0.15) is 13.2 Å². The Kier molecular flexibility index (Phi) is 6.88. The van der Waals surface area contributed by atoms with Gasteiger partial charge in [-0.25, -0.2) is 0 Å². The van der Waals surface area contributed by atoms with Crippen molar-refractivity contribution in [2.45, 2.75) is 71.5 Å². The molecule has 7 heteroatoms. The Bertz CT molecular complexity index is 1200. The number of allylic oxidation sites excluding steroid dienone is 1. The highest BCUT2D eigenvalue weighted by Gasteiger charge is 2.41. The van der Waals surface area contributed by atoms with Gasteiger partial charge in [0.05, 0.1) is 12.7 Å². The van der Waals surface area contributed by atoms with Crippen LogP contribution in [0.1, 0.15) is 74.6 Å². The number of amides is 1. The van der Waals surface area contributed by atoms with Crippen LogP contribution in [0, 0.1) is 12.3 Å². The largest absolute Gasteiger partial charge is 0.496 e. The van der Waals surface area contributed by atoms with Gasteiger partial charge in [0.25, 0.3) is 0 Å². The van der Waals surface area contributed by atoms with Crippen molar-refractivity contribution in [2.24, 2.45) is 5.41 Å². The lowest BCUT2D eigenvalue weighted by molar-refractivity contribution is -0.137. The molecule has 0 saturated carbocycles. The summed E-state index contributed by atoms with van der Waals surface area (Å²) in [6.45, 7) is 8.51. The summed E-state index contributed by atoms with van der Waals surface area (Å²) >= 11 is 0. The number of carbonyl (C=O) groups is 1. The van der Waals surface area contributed by atoms with E-state index in [2.05, 4.69) is 13.8 Å². The number of likely N-dealkylation sites (tertiary alicyclic amines) is 1. The fraction of sp³-hybridized carbons (Fsp3) is 0.483. The van der Waals surface area contributed by atoms with Gasteiger partial charge in [0.2, 0.25) is 5.91 Å². The molecule has 1 heterocycles. The number of hydrogen-bond acceptors (Lipinski definition) is 3. The molecule has 1 fully saturated rings. The van der Waals surface area contributed by atoms with E-state index in [0.717, 1.165) is 47.8 Å². The Labute approximate surface area is 211 Å². The van der Waals surface area contributed by atoms with Gasteiger partial charge in [0.1, 0.15) is 5.75 Å². The molecule has 194 valence electrons. The number of anilines is 1. The number of ether oxygens (including phenoxy) is 1. The summed E-state index contributed by atoms with van der Waals surface area (Å²) in [6.07, 6.45) is -1.55. The maximum absolute atomic E-state index is 13.5. The van der Waals surface area contributed by atoms with Crippen molar-refractivity contribution in [2.75, 3.05) is 19.4 Å². The zero-order valence-corrected chi connectivity index (χ0v) is 21.6. The van der Waals surface area contributed by atoms with E-state index in [9.17, 15) is 18.0 Å². The third-order valence-corrected chi connectivity index (χ3v) is 7.72. The van der Waals surface area contributed by atoms with Crippen molar-refractivity contribution < 1.29 is 22.7 Å². The molecule has 1 aliphatic heterocycles. The number of halogens is 3. The molecule has 0 aromatic heterocycles. The SMILES string of the molecule is COc1ccc(N)cc1C1=C(CN2C(=O)C[C@H](c3cc(C)cc(C(F)(F)F)c3)[C@@H]2C)CC(C)(C)CC1. The van der Waals surface area contributed by atoms with Crippen molar-refractivity contribution in [1.29, 1.82) is 0 Å². The van der Waals surface area contributed by atoms with Gasteiger partial charge >= 0.3 is 6.18 Å². The molecule has 0 radical (unpaired) electrons. The first-order valence-electron chi connectivity index (χ1n) is 12.4. The van der Waals surface area contributed by atoms with E-state index in [0.29, 0.717) is 23.4 Å². The summed E-state index contributed by atoms with van der Waals surface area (Å²) in [7, 11) is 1.63. The fourth-order valence-electron chi connectivity index (χ4n) is 5.80. The zero-order valence-electron chi connectivity index (χ0n) is 21.6. The van der Waals surface area contributed by atoms with Crippen LogP contribution in [-0.2, 0) is 11.0 Å². The van der Waals surface area contributed by atoms with E-state index < -0.39 is 11.7 Å². The lowest BCUT2D eigenvalue weighted by Gasteiger charge is -2.36. The first-order chi connectivity index (χ1) is 16.8. The average molecular weight is 501 g/mol.